The molecule has 2 aromatic heterocycles. The summed E-state index contributed by atoms with van der Waals surface area (Å²) in [7, 11) is -0.794. The van der Waals surface area contributed by atoms with Crippen LogP contribution in [-0.2, 0) is 26.0 Å². The molecule has 0 radical (unpaired) electrons. The summed E-state index contributed by atoms with van der Waals surface area (Å²) in [6, 6.07) is 13.1. The predicted molar refractivity (Wildman–Crippen MR) is 148 cm³/mol. The van der Waals surface area contributed by atoms with Gasteiger partial charge in [0.25, 0.3) is 5.91 Å². The Morgan fingerprint density at radius 3 is 2.34 bits per heavy atom. The summed E-state index contributed by atoms with van der Waals surface area (Å²) in [5, 5.41) is 1.08. The van der Waals surface area contributed by atoms with Crippen molar-refractivity contribution in [3.63, 3.8) is 0 Å². The molecule has 4 rings (SSSR count). The molecule has 0 aliphatic carbocycles. The summed E-state index contributed by atoms with van der Waals surface area (Å²) < 4.78 is 44.3. The van der Waals surface area contributed by atoms with Gasteiger partial charge in [-0.1, -0.05) is 22.9 Å². The Hall–Kier alpha value is -2.80. The average Bonchev–Trinajstić information content (AvgIpc) is 3.59. The van der Waals surface area contributed by atoms with Crippen LogP contribution in [0.1, 0.15) is 21.7 Å². The van der Waals surface area contributed by atoms with Crippen LogP contribution in [0.3, 0.4) is 0 Å². The Kier molecular flexibility index (Phi) is 9.19. The molecule has 0 spiro atoms. The molecule has 38 heavy (non-hydrogen) atoms. The highest BCUT2D eigenvalue weighted by molar-refractivity contribution is 7.89. The van der Waals surface area contributed by atoms with Gasteiger partial charge in [-0.3, -0.25) is 9.69 Å². The van der Waals surface area contributed by atoms with Crippen LogP contribution in [0, 0.1) is 6.92 Å². The van der Waals surface area contributed by atoms with E-state index in [4.69, 9.17) is 30.5 Å². The topological polar surface area (TPSA) is 102 Å². The fraction of sp³-hybridized carbons (Fsp3) is 0.308. The first kappa shape index (κ1) is 28.2. The number of halogens is 1. The zero-order valence-electron chi connectivity index (χ0n) is 21.2. The summed E-state index contributed by atoms with van der Waals surface area (Å²) in [6.07, 6.45) is 1.54. The molecule has 12 heteroatoms. The number of rotatable bonds is 12. The van der Waals surface area contributed by atoms with Crippen molar-refractivity contribution in [3.05, 3.63) is 76.7 Å². The Morgan fingerprint density at radius 1 is 1.05 bits per heavy atom. The number of sulfonamides is 1. The van der Waals surface area contributed by atoms with Gasteiger partial charge in [0.05, 0.1) is 41.1 Å². The van der Waals surface area contributed by atoms with Gasteiger partial charge in [-0.15, -0.1) is 0 Å². The van der Waals surface area contributed by atoms with E-state index in [1.807, 2.05) is 19.1 Å². The maximum absolute atomic E-state index is 13.7. The van der Waals surface area contributed by atoms with E-state index in [1.165, 1.54) is 59.0 Å². The fourth-order valence-electron chi connectivity index (χ4n) is 3.80. The van der Waals surface area contributed by atoms with E-state index < -0.39 is 10.0 Å². The average molecular weight is 578 g/mol. The number of aromatic nitrogens is 1. The van der Waals surface area contributed by atoms with Crippen molar-refractivity contribution in [2.75, 3.05) is 45.4 Å². The van der Waals surface area contributed by atoms with Gasteiger partial charge in [0.1, 0.15) is 5.76 Å². The molecule has 0 unspecified atom stereocenters. The number of methoxy groups -OCH3 is 2. The Labute approximate surface area is 230 Å². The molecule has 0 fully saturated rings. The number of ether oxygens (including phenoxy) is 2. The van der Waals surface area contributed by atoms with E-state index in [0.717, 1.165) is 15.8 Å². The lowest BCUT2D eigenvalue weighted by atomic mass is 10.2. The van der Waals surface area contributed by atoms with Gasteiger partial charge >= 0.3 is 0 Å². The lowest BCUT2D eigenvalue weighted by Gasteiger charge is -2.22. The second kappa shape index (κ2) is 12.4. The minimum Gasteiger partial charge on any atom is -0.467 e. The summed E-state index contributed by atoms with van der Waals surface area (Å²) in [5.41, 5.74) is 1.87. The predicted octanol–water partition coefficient (Wildman–Crippen LogP) is 4.98. The molecule has 0 atom stereocenters. The number of thiazole rings is 1. The molecular weight excluding hydrogens is 550 g/mol. The molecule has 1 amide bonds. The van der Waals surface area contributed by atoms with Gasteiger partial charge in [0.2, 0.25) is 10.0 Å². The van der Waals surface area contributed by atoms with E-state index in [9.17, 15) is 13.2 Å². The molecule has 0 saturated carbocycles. The van der Waals surface area contributed by atoms with Crippen LogP contribution in [0.4, 0.5) is 5.13 Å². The number of hydrogen-bond donors (Lipinski definition) is 0. The maximum Gasteiger partial charge on any atom is 0.260 e. The lowest BCUT2D eigenvalue weighted by molar-refractivity contribution is 0.0983. The molecule has 0 aliphatic rings. The third-order valence-corrected chi connectivity index (χ3v) is 9.30. The van der Waals surface area contributed by atoms with Gasteiger partial charge in [-0.25, -0.2) is 13.4 Å². The molecule has 0 saturated heterocycles. The number of benzene rings is 2. The Balaban J connectivity index is 1.65. The van der Waals surface area contributed by atoms with E-state index in [1.54, 1.807) is 18.4 Å². The minimum absolute atomic E-state index is 0.0732. The highest BCUT2D eigenvalue weighted by atomic mass is 35.5. The summed E-state index contributed by atoms with van der Waals surface area (Å²) >= 11 is 7.65. The third kappa shape index (κ3) is 6.09. The number of aryl methyl sites for hydroxylation is 1. The fourth-order valence-corrected chi connectivity index (χ4v) is 6.38. The van der Waals surface area contributed by atoms with Crippen LogP contribution in [-0.4, -0.2) is 64.1 Å². The number of amides is 1. The summed E-state index contributed by atoms with van der Waals surface area (Å²) in [4.78, 5) is 20.0. The Bertz CT molecular complexity index is 1480. The second-order valence-corrected chi connectivity index (χ2v) is 11.8. The van der Waals surface area contributed by atoms with Crippen LogP contribution in [0.2, 0.25) is 5.02 Å². The van der Waals surface area contributed by atoms with Crippen molar-refractivity contribution in [2.45, 2.75) is 18.4 Å². The van der Waals surface area contributed by atoms with Crippen LogP contribution in [0.15, 0.2) is 64.1 Å². The van der Waals surface area contributed by atoms with Crippen LogP contribution < -0.4 is 4.90 Å². The van der Waals surface area contributed by atoms with Gasteiger partial charge < -0.3 is 13.9 Å². The van der Waals surface area contributed by atoms with E-state index in [-0.39, 0.29) is 43.7 Å². The summed E-state index contributed by atoms with van der Waals surface area (Å²) in [6.45, 7) is 2.89. The summed E-state index contributed by atoms with van der Waals surface area (Å²) in [5.74, 6) is 0.238. The normalized spacial score (nSPS) is 11.9. The molecule has 0 aliphatic heterocycles. The molecule has 9 nitrogen and oxygen atoms in total. The number of hydrogen-bond acceptors (Lipinski definition) is 8. The van der Waals surface area contributed by atoms with Crippen LogP contribution >= 0.6 is 22.9 Å². The van der Waals surface area contributed by atoms with Crippen LogP contribution in [0.25, 0.3) is 10.2 Å². The van der Waals surface area contributed by atoms with E-state index in [0.29, 0.717) is 21.5 Å². The number of furan rings is 1. The first-order chi connectivity index (χ1) is 18.3. The molecule has 2 heterocycles. The number of nitrogens with zero attached hydrogens (tertiary/aromatic N) is 3. The number of fused-ring (bicyclic) bond motifs is 1. The number of anilines is 1. The monoisotopic (exact) mass is 577 g/mol. The quantitative estimate of drug-likeness (QED) is 0.234. The molecule has 0 N–H and O–H groups in total. The smallest absolute Gasteiger partial charge is 0.260 e. The SMILES string of the molecule is COCCN(CCOC)S(=O)(=O)c1ccc(C(=O)N(Cc2ccco2)c2nc3c(C)c(Cl)ccc3s2)cc1. The first-order valence-electron chi connectivity index (χ1n) is 11.7. The largest absolute Gasteiger partial charge is 0.467 e. The standard InChI is InChI=1S/C26H28ClN3O6S2/c1-18-22(27)10-11-23-24(18)28-26(37-23)30(17-20-5-4-14-36-20)25(31)19-6-8-21(9-7-19)38(32,33)29(12-15-34-2)13-16-35-3/h4-11,14H,12-13,15-17H2,1-3H3. The minimum atomic E-state index is -3.82. The first-order valence-corrected chi connectivity index (χ1v) is 14.4. The van der Waals surface area contributed by atoms with E-state index in [2.05, 4.69) is 0 Å². The van der Waals surface area contributed by atoms with Crippen molar-refractivity contribution in [1.82, 2.24) is 9.29 Å². The van der Waals surface area contributed by atoms with Crippen molar-refractivity contribution >= 4 is 54.2 Å². The number of carbonyl (C=O) groups excluding carboxylic acids is 1. The van der Waals surface area contributed by atoms with Gasteiger partial charge in [-0.05, 0) is 61.0 Å². The van der Waals surface area contributed by atoms with Crippen LogP contribution in [0.5, 0.6) is 0 Å². The van der Waals surface area contributed by atoms with E-state index >= 15 is 0 Å². The second-order valence-electron chi connectivity index (χ2n) is 8.40. The molecule has 0 bridgehead atoms. The lowest BCUT2D eigenvalue weighted by Crippen LogP contribution is -2.36. The van der Waals surface area contributed by atoms with Crippen molar-refractivity contribution in [3.8, 4) is 0 Å². The van der Waals surface area contributed by atoms with Crippen molar-refractivity contribution in [2.24, 2.45) is 0 Å². The molecular formula is C26H28ClN3O6S2. The third-order valence-electron chi connectivity index (χ3n) is 5.94. The number of carbonyl (C=O) groups is 1. The zero-order valence-corrected chi connectivity index (χ0v) is 23.6. The maximum atomic E-state index is 13.7. The van der Waals surface area contributed by atoms with Crippen molar-refractivity contribution < 1.29 is 27.1 Å². The highest BCUT2D eigenvalue weighted by Gasteiger charge is 2.27. The van der Waals surface area contributed by atoms with Gasteiger partial charge in [-0.2, -0.15) is 4.31 Å². The van der Waals surface area contributed by atoms with Gasteiger partial charge in [0.15, 0.2) is 5.13 Å². The molecule has 202 valence electrons. The zero-order chi connectivity index (χ0) is 27.3. The molecule has 2 aromatic carbocycles. The van der Waals surface area contributed by atoms with Crippen molar-refractivity contribution in [1.29, 1.82) is 0 Å². The highest BCUT2D eigenvalue weighted by Crippen LogP contribution is 2.35. The Morgan fingerprint density at radius 2 is 1.74 bits per heavy atom. The van der Waals surface area contributed by atoms with Gasteiger partial charge in [0, 0.05) is 37.9 Å². The molecule has 4 aromatic rings.